The zero-order valence-electron chi connectivity index (χ0n) is 22.9. The van der Waals surface area contributed by atoms with Crippen LogP contribution in [0.15, 0.2) is 113 Å². The number of hydrazone groups is 1. The van der Waals surface area contributed by atoms with Gasteiger partial charge in [0.05, 0.1) is 23.4 Å². The summed E-state index contributed by atoms with van der Waals surface area (Å²) in [5.41, 5.74) is 5.92. The molecular weight excluding hydrogens is 540 g/mol. The number of nitrogens with one attached hydrogen (secondary N) is 2. The molecule has 0 radical (unpaired) electrons. The fourth-order valence-corrected chi connectivity index (χ4v) is 5.37. The van der Waals surface area contributed by atoms with Crippen LogP contribution in [0.5, 0.6) is 5.75 Å². The number of benzene rings is 4. The van der Waals surface area contributed by atoms with E-state index < -0.39 is 22.5 Å². The number of nitrogens with zero attached hydrogens (tertiary/aromatic N) is 2. The van der Waals surface area contributed by atoms with Gasteiger partial charge in [-0.05, 0) is 67.9 Å². The number of amides is 2. The van der Waals surface area contributed by atoms with Gasteiger partial charge in [-0.2, -0.15) is 5.10 Å². The molecule has 2 N–H and O–H groups in total. The van der Waals surface area contributed by atoms with Crippen LogP contribution in [0, 0.1) is 6.92 Å². The van der Waals surface area contributed by atoms with Crippen molar-refractivity contribution >= 4 is 38.9 Å². The van der Waals surface area contributed by atoms with Gasteiger partial charge in [0.2, 0.25) is 0 Å². The Morgan fingerprint density at radius 1 is 0.829 bits per heavy atom. The predicted molar refractivity (Wildman–Crippen MR) is 160 cm³/mol. The number of carbonyl (C=O) groups is 2. The smallest absolute Gasteiger partial charge is 0.264 e. The molecule has 0 unspecified atom stereocenters. The van der Waals surface area contributed by atoms with Crippen LogP contribution < -0.4 is 19.8 Å². The van der Waals surface area contributed by atoms with E-state index in [-0.39, 0.29) is 16.5 Å². The SMILES string of the molecule is COc1ccccc1N(CC(=O)NN=C(C)c1ccc(NC(=O)c2ccccc2)cc1)S(=O)(=O)c1ccc(C)cc1. The number of hydrogen-bond donors (Lipinski definition) is 2. The lowest BCUT2D eigenvalue weighted by Gasteiger charge is -2.25. The van der Waals surface area contributed by atoms with E-state index >= 15 is 0 Å². The Morgan fingerprint density at radius 3 is 2.12 bits per heavy atom. The largest absolute Gasteiger partial charge is 0.495 e. The molecule has 41 heavy (non-hydrogen) atoms. The van der Waals surface area contributed by atoms with Crippen LogP contribution in [0.3, 0.4) is 0 Å². The van der Waals surface area contributed by atoms with Crippen LogP contribution in [-0.2, 0) is 14.8 Å². The summed E-state index contributed by atoms with van der Waals surface area (Å²) in [4.78, 5) is 25.4. The first-order valence-corrected chi connectivity index (χ1v) is 14.2. The maximum atomic E-state index is 13.6. The fourth-order valence-electron chi connectivity index (χ4n) is 3.94. The second-order valence-corrected chi connectivity index (χ2v) is 11.0. The molecule has 4 rings (SSSR count). The Morgan fingerprint density at radius 2 is 1.46 bits per heavy atom. The van der Waals surface area contributed by atoms with Gasteiger partial charge >= 0.3 is 0 Å². The van der Waals surface area contributed by atoms with Gasteiger partial charge < -0.3 is 10.1 Å². The summed E-state index contributed by atoms with van der Waals surface area (Å²) in [5.74, 6) is -0.566. The zero-order chi connectivity index (χ0) is 29.4. The van der Waals surface area contributed by atoms with E-state index in [0.29, 0.717) is 28.3 Å². The molecule has 0 saturated carbocycles. The summed E-state index contributed by atoms with van der Waals surface area (Å²) in [6, 6.07) is 28.8. The minimum absolute atomic E-state index is 0.0425. The lowest BCUT2D eigenvalue weighted by atomic mass is 10.1. The van der Waals surface area contributed by atoms with Crippen molar-refractivity contribution < 1.29 is 22.7 Å². The predicted octanol–water partition coefficient (Wildman–Crippen LogP) is 4.99. The Labute approximate surface area is 239 Å². The maximum Gasteiger partial charge on any atom is 0.264 e. The molecule has 0 aliphatic rings. The molecule has 0 aliphatic heterocycles. The molecule has 0 spiro atoms. The number of sulfonamides is 1. The van der Waals surface area contributed by atoms with E-state index in [1.54, 1.807) is 91.9 Å². The second kappa shape index (κ2) is 12.9. The summed E-state index contributed by atoms with van der Waals surface area (Å²) < 4.78 is 33.6. The standard InChI is InChI=1S/C31H30N4O5S/c1-22-13-19-27(20-14-22)41(38,39)35(28-11-7-8-12-29(28)40-3)21-30(36)34-33-23(2)24-15-17-26(18-16-24)32-31(37)25-9-5-4-6-10-25/h4-20H,21H2,1-3H3,(H,32,37)(H,34,36). The molecular formula is C31H30N4O5S. The molecule has 0 heterocycles. The van der Waals surface area contributed by atoms with E-state index in [2.05, 4.69) is 15.8 Å². The lowest BCUT2D eigenvalue weighted by Crippen LogP contribution is -2.40. The van der Waals surface area contributed by atoms with Crippen molar-refractivity contribution in [2.45, 2.75) is 18.7 Å². The molecule has 0 saturated heterocycles. The molecule has 0 aliphatic carbocycles. The first-order chi connectivity index (χ1) is 19.7. The molecule has 9 nitrogen and oxygen atoms in total. The van der Waals surface area contributed by atoms with Gasteiger partial charge in [-0.1, -0.05) is 60.2 Å². The first-order valence-electron chi connectivity index (χ1n) is 12.7. The lowest BCUT2D eigenvalue weighted by molar-refractivity contribution is -0.119. The van der Waals surface area contributed by atoms with Gasteiger partial charge in [0.1, 0.15) is 12.3 Å². The number of ether oxygens (including phenoxy) is 1. The van der Waals surface area contributed by atoms with Gasteiger partial charge in [0, 0.05) is 11.3 Å². The van der Waals surface area contributed by atoms with E-state index in [4.69, 9.17) is 4.74 Å². The quantitative estimate of drug-likeness (QED) is 0.206. The molecule has 0 fully saturated rings. The fraction of sp³-hybridized carbons (Fsp3) is 0.129. The number of carbonyl (C=O) groups excluding carboxylic acids is 2. The second-order valence-electron chi connectivity index (χ2n) is 9.13. The normalized spacial score (nSPS) is 11.4. The third-order valence-electron chi connectivity index (χ3n) is 6.19. The molecule has 210 valence electrons. The molecule has 0 atom stereocenters. The van der Waals surface area contributed by atoms with Crippen LogP contribution in [0.1, 0.15) is 28.4 Å². The van der Waals surface area contributed by atoms with E-state index in [1.165, 1.54) is 19.2 Å². The number of methoxy groups -OCH3 is 1. The number of hydrogen-bond acceptors (Lipinski definition) is 6. The highest BCUT2D eigenvalue weighted by molar-refractivity contribution is 7.92. The summed E-state index contributed by atoms with van der Waals surface area (Å²) >= 11 is 0. The zero-order valence-corrected chi connectivity index (χ0v) is 23.7. The molecule has 10 heteroatoms. The maximum absolute atomic E-state index is 13.6. The van der Waals surface area contributed by atoms with E-state index in [1.807, 2.05) is 13.0 Å². The summed E-state index contributed by atoms with van der Waals surface area (Å²) in [5, 5.41) is 7.00. The number of aryl methyl sites for hydroxylation is 1. The van der Waals surface area contributed by atoms with Crippen LogP contribution >= 0.6 is 0 Å². The number of rotatable bonds is 10. The average Bonchev–Trinajstić information content (AvgIpc) is 2.99. The van der Waals surface area contributed by atoms with Crippen molar-refractivity contribution in [1.29, 1.82) is 0 Å². The number of anilines is 2. The van der Waals surface area contributed by atoms with Gasteiger partial charge in [-0.25, -0.2) is 13.8 Å². The third-order valence-corrected chi connectivity index (χ3v) is 7.97. The Balaban J connectivity index is 1.49. The van der Waals surface area contributed by atoms with Crippen molar-refractivity contribution in [3.63, 3.8) is 0 Å². The Hall–Kier alpha value is -4.96. The van der Waals surface area contributed by atoms with Crippen molar-refractivity contribution in [3.8, 4) is 5.75 Å². The monoisotopic (exact) mass is 570 g/mol. The van der Waals surface area contributed by atoms with Crippen molar-refractivity contribution in [2.75, 3.05) is 23.3 Å². The minimum Gasteiger partial charge on any atom is -0.495 e. The van der Waals surface area contributed by atoms with Crippen LogP contribution in [-0.4, -0.2) is 39.6 Å². The summed E-state index contributed by atoms with van der Waals surface area (Å²) in [6.07, 6.45) is 0. The Kier molecular flexibility index (Phi) is 9.15. The van der Waals surface area contributed by atoms with Gasteiger partial charge in [-0.3, -0.25) is 13.9 Å². The van der Waals surface area contributed by atoms with Gasteiger partial charge in [-0.15, -0.1) is 0 Å². The molecule has 2 amide bonds. The first kappa shape index (κ1) is 29.0. The summed E-state index contributed by atoms with van der Waals surface area (Å²) in [6.45, 7) is 3.03. The van der Waals surface area contributed by atoms with Crippen LogP contribution in [0.2, 0.25) is 0 Å². The summed E-state index contributed by atoms with van der Waals surface area (Å²) in [7, 11) is -2.68. The average molecular weight is 571 g/mol. The van der Waals surface area contributed by atoms with E-state index in [9.17, 15) is 18.0 Å². The molecule has 0 bridgehead atoms. The van der Waals surface area contributed by atoms with Crippen LogP contribution in [0.25, 0.3) is 0 Å². The van der Waals surface area contributed by atoms with Crippen molar-refractivity contribution in [1.82, 2.24) is 5.43 Å². The topological polar surface area (TPSA) is 117 Å². The molecule has 4 aromatic rings. The molecule has 0 aromatic heterocycles. The Bertz CT molecular complexity index is 1650. The molecule has 4 aromatic carbocycles. The van der Waals surface area contributed by atoms with Crippen molar-refractivity contribution in [2.24, 2.45) is 5.10 Å². The van der Waals surface area contributed by atoms with Gasteiger partial charge in [0.15, 0.2) is 0 Å². The van der Waals surface area contributed by atoms with Gasteiger partial charge in [0.25, 0.3) is 21.8 Å². The highest BCUT2D eigenvalue weighted by atomic mass is 32.2. The minimum atomic E-state index is -4.11. The number of para-hydroxylation sites is 2. The highest BCUT2D eigenvalue weighted by Crippen LogP contribution is 2.32. The van der Waals surface area contributed by atoms with E-state index in [0.717, 1.165) is 9.87 Å². The van der Waals surface area contributed by atoms with Crippen molar-refractivity contribution in [3.05, 3.63) is 120 Å². The highest BCUT2D eigenvalue weighted by Gasteiger charge is 2.29. The van der Waals surface area contributed by atoms with Crippen LogP contribution in [0.4, 0.5) is 11.4 Å². The third kappa shape index (κ3) is 7.17.